The summed E-state index contributed by atoms with van der Waals surface area (Å²) in [4.78, 5) is 11.1. The Bertz CT molecular complexity index is 581. The zero-order chi connectivity index (χ0) is 15.8. The van der Waals surface area contributed by atoms with Crippen LogP contribution in [0.3, 0.4) is 0 Å². The van der Waals surface area contributed by atoms with Crippen LogP contribution >= 0.6 is 0 Å². The van der Waals surface area contributed by atoms with E-state index < -0.39 is 5.91 Å². The van der Waals surface area contributed by atoms with E-state index in [9.17, 15) is 9.90 Å². The molecule has 116 valence electrons. The number of carbonyl (C=O) groups is 1. The average molecular weight is 299 g/mol. The van der Waals surface area contributed by atoms with Crippen molar-refractivity contribution in [1.82, 2.24) is 5.48 Å². The molecule has 2 rings (SSSR count). The third-order valence-electron chi connectivity index (χ3n) is 3.59. The summed E-state index contributed by atoms with van der Waals surface area (Å²) in [5, 5.41) is 18.6. The lowest BCUT2D eigenvalue weighted by Crippen LogP contribution is -2.20. The van der Waals surface area contributed by atoms with Gasteiger partial charge in [0.2, 0.25) is 5.91 Å². The standard InChI is InChI=1S/C18H21NO3/c20-17(12-15-4-2-1-3-5-15)11-10-14-6-8-16(9-7-14)13-18(21)19-22/h1-9,17,20,22H,10-13H2,(H,19,21). The number of benzene rings is 2. The van der Waals surface area contributed by atoms with E-state index in [1.54, 1.807) is 5.48 Å². The lowest BCUT2D eigenvalue weighted by molar-refractivity contribution is -0.128. The summed E-state index contributed by atoms with van der Waals surface area (Å²) in [5.74, 6) is -0.425. The lowest BCUT2D eigenvalue weighted by atomic mass is 10.00. The normalized spacial score (nSPS) is 11.9. The van der Waals surface area contributed by atoms with E-state index in [2.05, 4.69) is 0 Å². The fraction of sp³-hybridized carbons (Fsp3) is 0.278. The zero-order valence-corrected chi connectivity index (χ0v) is 12.4. The topological polar surface area (TPSA) is 69.6 Å². The molecule has 4 nitrogen and oxygen atoms in total. The molecule has 2 aromatic rings. The van der Waals surface area contributed by atoms with Crippen molar-refractivity contribution in [2.75, 3.05) is 0 Å². The monoisotopic (exact) mass is 299 g/mol. The van der Waals surface area contributed by atoms with E-state index in [-0.39, 0.29) is 12.5 Å². The van der Waals surface area contributed by atoms with E-state index in [1.165, 1.54) is 0 Å². The molecule has 0 saturated carbocycles. The van der Waals surface area contributed by atoms with E-state index in [1.807, 2.05) is 54.6 Å². The number of amides is 1. The Balaban J connectivity index is 1.80. The predicted octanol–water partition coefficient (Wildman–Crippen LogP) is 2.27. The maximum Gasteiger partial charge on any atom is 0.247 e. The van der Waals surface area contributed by atoms with Crippen LogP contribution in [0.2, 0.25) is 0 Å². The van der Waals surface area contributed by atoms with Crippen LogP contribution in [0.4, 0.5) is 0 Å². The second kappa shape index (κ2) is 8.32. The number of rotatable bonds is 7. The Labute approximate surface area is 130 Å². The highest BCUT2D eigenvalue weighted by molar-refractivity contribution is 5.77. The molecule has 0 aromatic heterocycles. The minimum Gasteiger partial charge on any atom is -0.393 e. The van der Waals surface area contributed by atoms with Gasteiger partial charge in [0.1, 0.15) is 0 Å². The number of aryl methyl sites for hydroxylation is 1. The molecule has 22 heavy (non-hydrogen) atoms. The van der Waals surface area contributed by atoms with Gasteiger partial charge in [0.05, 0.1) is 12.5 Å². The molecule has 0 aliphatic rings. The van der Waals surface area contributed by atoms with Crippen molar-refractivity contribution in [3.63, 3.8) is 0 Å². The molecule has 0 spiro atoms. The summed E-state index contributed by atoms with van der Waals surface area (Å²) in [6.07, 6.45) is 1.96. The number of carbonyl (C=O) groups excluding carboxylic acids is 1. The maximum absolute atomic E-state index is 11.1. The summed E-state index contributed by atoms with van der Waals surface area (Å²) >= 11 is 0. The van der Waals surface area contributed by atoms with Gasteiger partial charge in [-0.05, 0) is 36.0 Å². The molecule has 4 heteroatoms. The second-order valence-corrected chi connectivity index (χ2v) is 5.41. The summed E-state index contributed by atoms with van der Waals surface area (Å²) in [7, 11) is 0. The Hall–Kier alpha value is -2.17. The number of hydrogen-bond donors (Lipinski definition) is 3. The van der Waals surface area contributed by atoms with Gasteiger partial charge in [0.15, 0.2) is 0 Å². The van der Waals surface area contributed by atoms with Crippen LogP contribution in [0, 0.1) is 0 Å². The number of aliphatic hydroxyl groups is 1. The number of hydrogen-bond acceptors (Lipinski definition) is 3. The first-order valence-corrected chi connectivity index (χ1v) is 7.40. The predicted molar refractivity (Wildman–Crippen MR) is 84.5 cm³/mol. The molecule has 3 N–H and O–H groups in total. The Morgan fingerprint density at radius 3 is 2.23 bits per heavy atom. The molecule has 0 aliphatic carbocycles. The number of hydroxylamine groups is 1. The molecule has 0 radical (unpaired) electrons. The van der Waals surface area contributed by atoms with Crippen molar-refractivity contribution in [2.24, 2.45) is 0 Å². The molecular weight excluding hydrogens is 278 g/mol. The molecule has 0 fully saturated rings. The average Bonchev–Trinajstić information content (AvgIpc) is 2.55. The number of aliphatic hydroxyl groups excluding tert-OH is 1. The van der Waals surface area contributed by atoms with Crippen molar-refractivity contribution < 1.29 is 15.1 Å². The second-order valence-electron chi connectivity index (χ2n) is 5.41. The SMILES string of the molecule is O=C(Cc1ccc(CCC(O)Cc2ccccc2)cc1)NO. The fourth-order valence-corrected chi connectivity index (χ4v) is 2.37. The zero-order valence-electron chi connectivity index (χ0n) is 12.4. The first kappa shape index (κ1) is 16.2. The molecule has 1 amide bonds. The number of nitrogens with one attached hydrogen (secondary N) is 1. The van der Waals surface area contributed by atoms with E-state index in [0.717, 1.165) is 23.1 Å². The molecule has 0 bridgehead atoms. The molecule has 2 aromatic carbocycles. The van der Waals surface area contributed by atoms with Crippen LogP contribution in [-0.2, 0) is 24.1 Å². The molecule has 0 heterocycles. The van der Waals surface area contributed by atoms with Crippen molar-refractivity contribution in [3.05, 3.63) is 71.3 Å². The van der Waals surface area contributed by atoms with Gasteiger partial charge in [-0.2, -0.15) is 0 Å². The van der Waals surface area contributed by atoms with E-state index in [4.69, 9.17) is 5.21 Å². The molecule has 0 saturated heterocycles. The smallest absolute Gasteiger partial charge is 0.247 e. The van der Waals surface area contributed by atoms with Gasteiger partial charge in [0, 0.05) is 0 Å². The van der Waals surface area contributed by atoms with Gasteiger partial charge in [-0.15, -0.1) is 0 Å². The summed E-state index contributed by atoms with van der Waals surface area (Å²) in [5.41, 5.74) is 4.73. The minimum absolute atomic E-state index is 0.160. The van der Waals surface area contributed by atoms with Crippen molar-refractivity contribution in [2.45, 2.75) is 31.8 Å². The van der Waals surface area contributed by atoms with Crippen LogP contribution < -0.4 is 5.48 Å². The third-order valence-corrected chi connectivity index (χ3v) is 3.59. The van der Waals surface area contributed by atoms with Gasteiger partial charge < -0.3 is 5.11 Å². The van der Waals surface area contributed by atoms with Gasteiger partial charge in [-0.1, -0.05) is 54.6 Å². The van der Waals surface area contributed by atoms with Crippen LogP contribution in [0.25, 0.3) is 0 Å². The molecule has 1 atom stereocenters. The largest absolute Gasteiger partial charge is 0.393 e. The van der Waals surface area contributed by atoms with Crippen LogP contribution in [-0.4, -0.2) is 22.3 Å². The summed E-state index contributed by atoms with van der Waals surface area (Å²) in [6, 6.07) is 17.6. The summed E-state index contributed by atoms with van der Waals surface area (Å²) in [6.45, 7) is 0. The Morgan fingerprint density at radius 2 is 1.59 bits per heavy atom. The van der Waals surface area contributed by atoms with Crippen molar-refractivity contribution in [1.29, 1.82) is 0 Å². The molecule has 0 aliphatic heterocycles. The highest BCUT2D eigenvalue weighted by atomic mass is 16.5. The highest BCUT2D eigenvalue weighted by Crippen LogP contribution is 2.11. The van der Waals surface area contributed by atoms with E-state index >= 15 is 0 Å². The quantitative estimate of drug-likeness (QED) is 0.542. The van der Waals surface area contributed by atoms with Gasteiger partial charge >= 0.3 is 0 Å². The molecule has 1 unspecified atom stereocenters. The van der Waals surface area contributed by atoms with Crippen LogP contribution in [0.5, 0.6) is 0 Å². The van der Waals surface area contributed by atoms with Gasteiger partial charge in [0.25, 0.3) is 0 Å². The van der Waals surface area contributed by atoms with E-state index in [0.29, 0.717) is 12.8 Å². The van der Waals surface area contributed by atoms with Gasteiger partial charge in [-0.3, -0.25) is 10.0 Å². The van der Waals surface area contributed by atoms with Crippen molar-refractivity contribution in [3.8, 4) is 0 Å². The van der Waals surface area contributed by atoms with Crippen LogP contribution in [0.1, 0.15) is 23.1 Å². The third kappa shape index (κ3) is 5.31. The first-order valence-electron chi connectivity index (χ1n) is 7.40. The van der Waals surface area contributed by atoms with Crippen molar-refractivity contribution >= 4 is 5.91 Å². The fourth-order valence-electron chi connectivity index (χ4n) is 2.37. The minimum atomic E-state index is -0.425. The highest BCUT2D eigenvalue weighted by Gasteiger charge is 2.07. The Morgan fingerprint density at radius 1 is 0.955 bits per heavy atom. The molecular formula is C18H21NO3. The maximum atomic E-state index is 11.1. The lowest BCUT2D eigenvalue weighted by Gasteiger charge is -2.11. The van der Waals surface area contributed by atoms with Gasteiger partial charge in [-0.25, -0.2) is 5.48 Å². The Kier molecular flexibility index (Phi) is 6.13. The first-order chi connectivity index (χ1) is 10.7. The summed E-state index contributed by atoms with van der Waals surface area (Å²) < 4.78 is 0. The van der Waals surface area contributed by atoms with Crippen LogP contribution in [0.15, 0.2) is 54.6 Å².